The van der Waals surface area contributed by atoms with Gasteiger partial charge in [-0.25, -0.2) is 4.85 Å². The quantitative estimate of drug-likeness (QED) is 0.240. The van der Waals surface area contributed by atoms with E-state index in [9.17, 15) is 0 Å². The van der Waals surface area contributed by atoms with Gasteiger partial charge in [-0.1, -0.05) is 59.8 Å². The number of piperidine rings is 1. The Bertz CT molecular complexity index is 1550. The van der Waals surface area contributed by atoms with Crippen LogP contribution in [0.25, 0.3) is 38.6 Å². The molecule has 0 aliphatic carbocycles. The van der Waals surface area contributed by atoms with E-state index in [1.165, 1.54) is 5.56 Å². The van der Waals surface area contributed by atoms with Crippen molar-refractivity contribution in [2.75, 3.05) is 13.1 Å². The van der Waals surface area contributed by atoms with Crippen LogP contribution in [0, 0.1) is 6.57 Å². The first kappa shape index (κ1) is 23.7. The van der Waals surface area contributed by atoms with Gasteiger partial charge in [-0.05, 0) is 60.8 Å². The van der Waals surface area contributed by atoms with Crippen LogP contribution in [0.2, 0.25) is 0 Å². The summed E-state index contributed by atoms with van der Waals surface area (Å²) < 4.78 is 5.59. The van der Waals surface area contributed by atoms with Gasteiger partial charge in [0.15, 0.2) is 0 Å². The molecule has 0 unspecified atom stereocenters. The van der Waals surface area contributed by atoms with Crippen molar-refractivity contribution >= 4 is 5.69 Å². The molecule has 1 aliphatic rings. The molecule has 0 amide bonds. The maximum atomic E-state index is 7.39. The molecule has 0 saturated carbocycles. The standard InChI is InChI=1S/C31H26N6O/c1-32-27-18-28(23-6-3-2-4-7-23)29(34-20-27)24-11-9-22(10-12-24)21-37-16-13-25(14-17-37)31-35-30(36-38-31)26-8-5-15-33-19-26/h2-12,15,18-20,25H,13-14,16-17,21H2. The molecule has 0 N–H and O–H groups in total. The largest absolute Gasteiger partial charge is 0.339 e. The summed E-state index contributed by atoms with van der Waals surface area (Å²) in [4.78, 5) is 19.5. The first-order valence-corrected chi connectivity index (χ1v) is 12.8. The highest BCUT2D eigenvalue weighted by atomic mass is 16.5. The summed E-state index contributed by atoms with van der Waals surface area (Å²) >= 11 is 0. The van der Waals surface area contributed by atoms with Crippen LogP contribution in [0.15, 0.2) is 95.9 Å². The van der Waals surface area contributed by atoms with Crippen LogP contribution in [-0.2, 0) is 6.54 Å². The Morgan fingerprint density at radius 2 is 1.68 bits per heavy atom. The van der Waals surface area contributed by atoms with E-state index >= 15 is 0 Å². The molecular formula is C31H26N6O. The zero-order valence-electron chi connectivity index (χ0n) is 20.9. The Kier molecular flexibility index (Phi) is 6.71. The van der Waals surface area contributed by atoms with E-state index in [2.05, 4.69) is 66.3 Å². The summed E-state index contributed by atoms with van der Waals surface area (Å²) in [5, 5.41) is 4.16. The van der Waals surface area contributed by atoms with Gasteiger partial charge in [0.25, 0.3) is 0 Å². The molecule has 4 heterocycles. The molecule has 1 saturated heterocycles. The van der Waals surface area contributed by atoms with Gasteiger partial charge in [0.05, 0.1) is 12.3 Å². The van der Waals surface area contributed by atoms with Gasteiger partial charge in [-0.15, -0.1) is 0 Å². The van der Waals surface area contributed by atoms with Crippen LogP contribution < -0.4 is 0 Å². The van der Waals surface area contributed by atoms with Crippen molar-refractivity contribution in [3.05, 3.63) is 114 Å². The molecule has 7 nitrogen and oxygen atoms in total. The topological polar surface area (TPSA) is 72.3 Å². The minimum Gasteiger partial charge on any atom is -0.339 e. The van der Waals surface area contributed by atoms with E-state index in [1.54, 1.807) is 18.6 Å². The molecule has 5 aromatic rings. The first-order valence-electron chi connectivity index (χ1n) is 12.8. The van der Waals surface area contributed by atoms with Crippen LogP contribution in [0.1, 0.15) is 30.2 Å². The van der Waals surface area contributed by atoms with Crippen molar-refractivity contribution in [1.82, 2.24) is 25.0 Å². The van der Waals surface area contributed by atoms with Gasteiger partial charge in [-0.3, -0.25) is 14.9 Å². The van der Waals surface area contributed by atoms with E-state index in [-0.39, 0.29) is 5.92 Å². The van der Waals surface area contributed by atoms with Crippen molar-refractivity contribution in [3.63, 3.8) is 0 Å². The smallest absolute Gasteiger partial charge is 0.230 e. The molecule has 1 fully saturated rings. The van der Waals surface area contributed by atoms with Crippen molar-refractivity contribution < 1.29 is 4.52 Å². The third kappa shape index (κ3) is 5.08. The number of hydrogen-bond acceptors (Lipinski definition) is 6. The van der Waals surface area contributed by atoms with Gasteiger partial charge in [-0.2, -0.15) is 4.98 Å². The Labute approximate surface area is 221 Å². The fraction of sp³-hybridized carbons (Fsp3) is 0.194. The van der Waals surface area contributed by atoms with E-state index in [0.717, 1.165) is 66.3 Å². The zero-order valence-corrected chi connectivity index (χ0v) is 20.9. The number of benzene rings is 2. The second-order valence-corrected chi connectivity index (χ2v) is 9.51. The van der Waals surface area contributed by atoms with Gasteiger partial charge in [0, 0.05) is 42.2 Å². The predicted octanol–water partition coefficient (Wildman–Crippen LogP) is 6.79. The van der Waals surface area contributed by atoms with Crippen LogP contribution >= 0.6 is 0 Å². The monoisotopic (exact) mass is 498 g/mol. The summed E-state index contributed by atoms with van der Waals surface area (Å²) in [7, 11) is 0. The van der Waals surface area contributed by atoms with Crippen molar-refractivity contribution in [3.8, 4) is 33.8 Å². The summed E-state index contributed by atoms with van der Waals surface area (Å²) in [6.45, 7) is 10.3. The molecule has 186 valence electrons. The number of rotatable bonds is 6. The molecule has 1 aliphatic heterocycles. The molecule has 3 aromatic heterocycles. The second kappa shape index (κ2) is 10.8. The van der Waals surface area contributed by atoms with Crippen LogP contribution in [0.4, 0.5) is 5.69 Å². The molecular weight excluding hydrogens is 472 g/mol. The Balaban J connectivity index is 1.11. The highest BCUT2D eigenvalue weighted by molar-refractivity contribution is 5.83. The Morgan fingerprint density at radius 3 is 2.42 bits per heavy atom. The van der Waals surface area contributed by atoms with Crippen molar-refractivity contribution in [1.29, 1.82) is 0 Å². The molecule has 2 aromatic carbocycles. The Hall–Kier alpha value is -4.67. The number of hydrogen-bond donors (Lipinski definition) is 0. The van der Waals surface area contributed by atoms with Gasteiger partial charge in [0.1, 0.15) is 0 Å². The van der Waals surface area contributed by atoms with E-state index in [0.29, 0.717) is 11.5 Å². The minimum absolute atomic E-state index is 0.285. The van der Waals surface area contributed by atoms with Crippen molar-refractivity contribution in [2.24, 2.45) is 0 Å². The molecule has 0 atom stereocenters. The summed E-state index contributed by atoms with van der Waals surface area (Å²) in [6, 6.07) is 24.5. The fourth-order valence-electron chi connectivity index (χ4n) is 4.96. The minimum atomic E-state index is 0.285. The Morgan fingerprint density at radius 1 is 0.895 bits per heavy atom. The first-order chi connectivity index (χ1) is 18.8. The maximum Gasteiger partial charge on any atom is 0.230 e. The molecule has 38 heavy (non-hydrogen) atoms. The highest BCUT2D eigenvalue weighted by Gasteiger charge is 2.25. The van der Waals surface area contributed by atoms with E-state index in [4.69, 9.17) is 11.1 Å². The number of likely N-dealkylation sites (tertiary alicyclic amines) is 1. The van der Waals surface area contributed by atoms with Gasteiger partial charge in [0.2, 0.25) is 17.4 Å². The van der Waals surface area contributed by atoms with Crippen LogP contribution in [0.3, 0.4) is 0 Å². The number of aromatic nitrogens is 4. The van der Waals surface area contributed by atoms with Gasteiger partial charge >= 0.3 is 0 Å². The maximum absolute atomic E-state index is 7.39. The molecule has 6 rings (SSSR count). The summed E-state index contributed by atoms with van der Waals surface area (Å²) in [6.07, 6.45) is 7.12. The summed E-state index contributed by atoms with van der Waals surface area (Å²) in [5.41, 5.74) is 6.65. The average Bonchev–Trinajstić information content (AvgIpc) is 3.49. The fourth-order valence-corrected chi connectivity index (χ4v) is 4.96. The van der Waals surface area contributed by atoms with Crippen molar-refractivity contribution in [2.45, 2.75) is 25.3 Å². The third-order valence-corrected chi connectivity index (χ3v) is 7.02. The lowest BCUT2D eigenvalue weighted by atomic mass is 9.96. The average molecular weight is 499 g/mol. The van der Waals surface area contributed by atoms with Gasteiger partial charge < -0.3 is 4.52 Å². The van der Waals surface area contributed by atoms with Crippen LogP contribution in [0.5, 0.6) is 0 Å². The van der Waals surface area contributed by atoms with E-state index in [1.807, 2.05) is 36.4 Å². The second-order valence-electron chi connectivity index (χ2n) is 9.51. The molecule has 0 bridgehead atoms. The molecule has 7 heteroatoms. The lowest BCUT2D eigenvalue weighted by Crippen LogP contribution is -2.32. The zero-order chi connectivity index (χ0) is 25.7. The number of pyridine rings is 2. The lowest BCUT2D eigenvalue weighted by molar-refractivity contribution is 0.187. The molecule has 0 spiro atoms. The van der Waals surface area contributed by atoms with Crippen LogP contribution in [-0.4, -0.2) is 38.1 Å². The highest BCUT2D eigenvalue weighted by Crippen LogP contribution is 2.34. The SMILES string of the molecule is [C-]#[N+]c1cnc(-c2ccc(CN3CCC(c4nc(-c5cccnc5)no4)CC3)cc2)c(-c2ccccc2)c1. The molecule has 0 radical (unpaired) electrons. The predicted molar refractivity (Wildman–Crippen MR) is 146 cm³/mol. The lowest BCUT2D eigenvalue weighted by Gasteiger charge is -2.30. The van der Waals surface area contributed by atoms with E-state index < -0.39 is 0 Å². The summed E-state index contributed by atoms with van der Waals surface area (Å²) in [5.74, 6) is 1.61. The third-order valence-electron chi connectivity index (χ3n) is 7.02. The number of nitrogens with zero attached hydrogens (tertiary/aromatic N) is 6. The normalized spacial score (nSPS) is 14.3.